The summed E-state index contributed by atoms with van der Waals surface area (Å²) in [5, 5.41) is 11.4. The second kappa shape index (κ2) is 5.13. The lowest BCUT2D eigenvalue weighted by Crippen LogP contribution is -2.11. The molecule has 0 saturated heterocycles. The van der Waals surface area contributed by atoms with Crippen molar-refractivity contribution < 1.29 is 9.52 Å². The molecule has 0 fully saturated rings. The van der Waals surface area contributed by atoms with Gasteiger partial charge in [-0.2, -0.15) is 0 Å². The number of imidazole rings is 1. The number of para-hydroxylation sites is 1. The maximum atomic E-state index is 10.4. The standard InChI is InChI=1S/C16H18N2O2/c1-11(2)16-17-7-8-18(16)10-13(19)15-9-12-5-3-4-6-14(12)20-15/h3-9,11,13,19H,10H2,1-2H3. The van der Waals surface area contributed by atoms with Gasteiger partial charge in [0.05, 0.1) is 6.54 Å². The maximum Gasteiger partial charge on any atom is 0.135 e. The van der Waals surface area contributed by atoms with E-state index in [4.69, 9.17) is 4.42 Å². The molecule has 4 heteroatoms. The van der Waals surface area contributed by atoms with Gasteiger partial charge in [-0.25, -0.2) is 4.98 Å². The zero-order chi connectivity index (χ0) is 14.1. The van der Waals surface area contributed by atoms with Gasteiger partial charge in [0.2, 0.25) is 0 Å². The lowest BCUT2D eigenvalue weighted by atomic mass is 10.2. The van der Waals surface area contributed by atoms with Gasteiger partial charge in [-0.1, -0.05) is 32.0 Å². The Bertz CT molecular complexity index is 679. The minimum Gasteiger partial charge on any atom is -0.458 e. The highest BCUT2D eigenvalue weighted by Gasteiger charge is 2.16. The molecule has 3 rings (SSSR count). The molecule has 0 saturated carbocycles. The van der Waals surface area contributed by atoms with Gasteiger partial charge >= 0.3 is 0 Å². The van der Waals surface area contributed by atoms with Crippen molar-refractivity contribution in [3.05, 3.63) is 54.3 Å². The van der Waals surface area contributed by atoms with Crippen molar-refractivity contribution in [3.63, 3.8) is 0 Å². The Morgan fingerprint density at radius 1 is 1.30 bits per heavy atom. The maximum absolute atomic E-state index is 10.4. The van der Waals surface area contributed by atoms with E-state index < -0.39 is 6.10 Å². The van der Waals surface area contributed by atoms with Crippen LogP contribution in [0.5, 0.6) is 0 Å². The molecule has 2 aromatic heterocycles. The van der Waals surface area contributed by atoms with Gasteiger partial charge in [-0.3, -0.25) is 0 Å². The molecule has 1 atom stereocenters. The Hall–Kier alpha value is -2.07. The predicted octanol–water partition coefficient (Wildman–Crippen LogP) is 3.49. The van der Waals surface area contributed by atoms with E-state index >= 15 is 0 Å². The first-order valence-corrected chi connectivity index (χ1v) is 6.82. The van der Waals surface area contributed by atoms with Crippen LogP contribution < -0.4 is 0 Å². The second-order valence-electron chi connectivity index (χ2n) is 5.29. The topological polar surface area (TPSA) is 51.2 Å². The van der Waals surface area contributed by atoms with Crippen LogP contribution >= 0.6 is 0 Å². The molecule has 0 amide bonds. The lowest BCUT2D eigenvalue weighted by Gasteiger charge is -2.13. The smallest absolute Gasteiger partial charge is 0.135 e. The van der Waals surface area contributed by atoms with Crippen molar-refractivity contribution in [2.75, 3.05) is 0 Å². The van der Waals surface area contributed by atoms with Gasteiger partial charge in [0, 0.05) is 23.7 Å². The highest BCUT2D eigenvalue weighted by molar-refractivity contribution is 5.77. The van der Waals surface area contributed by atoms with Crippen molar-refractivity contribution in [1.29, 1.82) is 0 Å². The quantitative estimate of drug-likeness (QED) is 0.789. The lowest BCUT2D eigenvalue weighted by molar-refractivity contribution is 0.131. The molecule has 2 heterocycles. The fraction of sp³-hybridized carbons (Fsp3) is 0.312. The van der Waals surface area contributed by atoms with Crippen LogP contribution in [0, 0.1) is 0 Å². The van der Waals surface area contributed by atoms with Gasteiger partial charge in [0.15, 0.2) is 0 Å². The number of aliphatic hydroxyl groups is 1. The highest BCUT2D eigenvalue weighted by atomic mass is 16.4. The molecule has 1 N–H and O–H groups in total. The summed E-state index contributed by atoms with van der Waals surface area (Å²) < 4.78 is 7.67. The third-order valence-electron chi connectivity index (χ3n) is 3.41. The molecule has 3 aromatic rings. The molecule has 104 valence electrons. The number of nitrogens with zero attached hydrogens (tertiary/aromatic N) is 2. The largest absolute Gasteiger partial charge is 0.458 e. The monoisotopic (exact) mass is 270 g/mol. The minimum absolute atomic E-state index is 0.327. The van der Waals surface area contributed by atoms with Crippen LogP contribution in [-0.2, 0) is 6.54 Å². The number of rotatable bonds is 4. The normalized spacial score (nSPS) is 13.2. The molecule has 0 radical (unpaired) electrons. The fourth-order valence-electron chi connectivity index (χ4n) is 2.42. The molecule has 0 aliphatic rings. The van der Waals surface area contributed by atoms with Crippen LogP contribution in [0.2, 0.25) is 0 Å². The van der Waals surface area contributed by atoms with Gasteiger partial charge in [0.25, 0.3) is 0 Å². The van der Waals surface area contributed by atoms with Crippen LogP contribution in [-0.4, -0.2) is 14.7 Å². The van der Waals surface area contributed by atoms with Crippen molar-refractivity contribution in [2.45, 2.75) is 32.4 Å². The van der Waals surface area contributed by atoms with E-state index in [1.807, 2.05) is 41.1 Å². The Morgan fingerprint density at radius 2 is 2.10 bits per heavy atom. The summed E-state index contributed by atoms with van der Waals surface area (Å²) in [5.74, 6) is 1.89. The summed E-state index contributed by atoms with van der Waals surface area (Å²) in [6.45, 7) is 4.63. The zero-order valence-corrected chi connectivity index (χ0v) is 11.7. The van der Waals surface area contributed by atoms with E-state index in [-0.39, 0.29) is 0 Å². The molecule has 20 heavy (non-hydrogen) atoms. The number of hydrogen-bond donors (Lipinski definition) is 1. The molecule has 0 aliphatic carbocycles. The van der Waals surface area contributed by atoms with Gasteiger partial charge in [-0.15, -0.1) is 0 Å². The van der Waals surface area contributed by atoms with Crippen molar-refractivity contribution >= 4 is 11.0 Å². The Kier molecular flexibility index (Phi) is 3.32. The average molecular weight is 270 g/mol. The summed E-state index contributed by atoms with van der Waals surface area (Å²) in [6.07, 6.45) is 2.98. The zero-order valence-electron chi connectivity index (χ0n) is 11.7. The number of benzene rings is 1. The first-order valence-electron chi connectivity index (χ1n) is 6.82. The summed E-state index contributed by atoms with van der Waals surface area (Å²) in [5.41, 5.74) is 0.802. The van der Waals surface area contributed by atoms with Crippen molar-refractivity contribution in [1.82, 2.24) is 9.55 Å². The molecule has 0 aliphatic heterocycles. The van der Waals surface area contributed by atoms with E-state index in [1.54, 1.807) is 6.20 Å². The molecular weight excluding hydrogens is 252 g/mol. The third kappa shape index (κ3) is 2.34. The fourth-order valence-corrected chi connectivity index (χ4v) is 2.42. The van der Waals surface area contributed by atoms with Crippen molar-refractivity contribution in [3.8, 4) is 0 Å². The van der Waals surface area contributed by atoms with Crippen molar-refractivity contribution in [2.24, 2.45) is 0 Å². The van der Waals surface area contributed by atoms with Gasteiger partial charge in [0.1, 0.15) is 23.3 Å². The molecule has 0 bridgehead atoms. The van der Waals surface area contributed by atoms with Crippen LogP contribution in [0.15, 0.2) is 47.1 Å². The van der Waals surface area contributed by atoms with E-state index in [2.05, 4.69) is 18.8 Å². The van der Waals surface area contributed by atoms with Crippen LogP contribution in [0.3, 0.4) is 0 Å². The summed E-state index contributed by atoms with van der Waals surface area (Å²) >= 11 is 0. The van der Waals surface area contributed by atoms with E-state index in [1.165, 1.54) is 0 Å². The van der Waals surface area contributed by atoms with E-state index in [9.17, 15) is 5.11 Å². The molecule has 1 unspecified atom stereocenters. The third-order valence-corrected chi connectivity index (χ3v) is 3.41. The summed E-state index contributed by atoms with van der Waals surface area (Å²) in [7, 11) is 0. The number of aromatic nitrogens is 2. The molecule has 0 spiro atoms. The highest BCUT2D eigenvalue weighted by Crippen LogP contribution is 2.25. The number of hydrogen-bond acceptors (Lipinski definition) is 3. The second-order valence-corrected chi connectivity index (χ2v) is 5.29. The molecular formula is C16H18N2O2. The Labute approximate surface area is 117 Å². The summed E-state index contributed by atoms with van der Waals surface area (Å²) in [6, 6.07) is 9.66. The minimum atomic E-state index is -0.672. The van der Waals surface area contributed by atoms with Crippen LogP contribution in [0.25, 0.3) is 11.0 Å². The Balaban J connectivity index is 1.85. The van der Waals surface area contributed by atoms with Crippen LogP contribution in [0.4, 0.5) is 0 Å². The Morgan fingerprint density at radius 3 is 2.85 bits per heavy atom. The van der Waals surface area contributed by atoms with Gasteiger partial charge in [-0.05, 0) is 12.1 Å². The molecule has 4 nitrogen and oxygen atoms in total. The first kappa shape index (κ1) is 12.9. The van der Waals surface area contributed by atoms with E-state index in [0.717, 1.165) is 16.8 Å². The van der Waals surface area contributed by atoms with E-state index in [0.29, 0.717) is 18.2 Å². The number of fused-ring (bicyclic) bond motifs is 1. The number of furan rings is 1. The average Bonchev–Trinajstić information content (AvgIpc) is 3.03. The number of aliphatic hydroxyl groups excluding tert-OH is 1. The SMILES string of the molecule is CC(C)c1nccn1CC(O)c1cc2ccccc2o1. The first-order chi connectivity index (χ1) is 9.65. The predicted molar refractivity (Wildman–Crippen MR) is 77.5 cm³/mol. The summed E-state index contributed by atoms with van der Waals surface area (Å²) in [4.78, 5) is 4.33. The van der Waals surface area contributed by atoms with Crippen LogP contribution in [0.1, 0.15) is 37.5 Å². The van der Waals surface area contributed by atoms with Gasteiger partial charge < -0.3 is 14.1 Å². The molecule has 1 aromatic carbocycles.